The van der Waals surface area contributed by atoms with Gasteiger partial charge in [0.25, 0.3) is 5.91 Å². The molecule has 0 bridgehead atoms. The van der Waals surface area contributed by atoms with Crippen molar-refractivity contribution in [1.29, 1.82) is 5.41 Å². The zero-order chi connectivity index (χ0) is 20.1. The molecule has 0 aromatic heterocycles. The van der Waals surface area contributed by atoms with Gasteiger partial charge in [0.2, 0.25) is 5.78 Å². The standard InChI is InChI=1S/C14H7F7N2O3/c15-12(16,13(17,18)14(19,20)21)11(26)23-8-7(22)9(24)5-3-1-2-4-6(5)10(8)25/h1-4,8,22H,(H,23,26). The summed E-state index contributed by atoms with van der Waals surface area (Å²) in [5.74, 6) is -18.6. The first-order valence-electron chi connectivity index (χ1n) is 6.63. The number of benzene rings is 1. The summed E-state index contributed by atoms with van der Waals surface area (Å²) in [4.78, 5) is 35.4. The van der Waals surface area contributed by atoms with Crippen molar-refractivity contribution in [3.05, 3.63) is 35.4 Å². The van der Waals surface area contributed by atoms with Gasteiger partial charge < -0.3 is 5.32 Å². The molecule has 5 nitrogen and oxygen atoms in total. The summed E-state index contributed by atoms with van der Waals surface area (Å²) in [6.45, 7) is 0. The molecule has 1 atom stereocenters. The van der Waals surface area contributed by atoms with Gasteiger partial charge in [0.15, 0.2) is 5.78 Å². The molecule has 12 heteroatoms. The molecule has 26 heavy (non-hydrogen) atoms. The summed E-state index contributed by atoms with van der Waals surface area (Å²) in [5.41, 5.74) is -1.93. The van der Waals surface area contributed by atoms with E-state index in [9.17, 15) is 45.1 Å². The number of carbonyl (C=O) groups is 3. The average molecular weight is 384 g/mol. The highest BCUT2D eigenvalue weighted by Crippen LogP contribution is 2.46. The minimum Gasteiger partial charge on any atom is -0.335 e. The fourth-order valence-electron chi connectivity index (χ4n) is 2.14. The molecule has 140 valence electrons. The van der Waals surface area contributed by atoms with Crippen molar-refractivity contribution in [2.24, 2.45) is 0 Å². The van der Waals surface area contributed by atoms with Crippen LogP contribution in [0.25, 0.3) is 0 Å². The molecule has 1 amide bonds. The van der Waals surface area contributed by atoms with Gasteiger partial charge in [-0.3, -0.25) is 19.8 Å². The van der Waals surface area contributed by atoms with E-state index in [1.807, 2.05) is 0 Å². The van der Waals surface area contributed by atoms with Gasteiger partial charge in [-0.2, -0.15) is 30.7 Å². The summed E-state index contributed by atoms with van der Waals surface area (Å²) in [6, 6.07) is 2.32. The fraction of sp³-hybridized carbons (Fsp3) is 0.286. The Morgan fingerprint density at radius 2 is 1.46 bits per heavy atom. The minimum atomic E-state index is -6.75. The van der Waals surface area contributed by atoms with Crippen LogP contribution < -0.4 is 5.32 Å². The van der Waals surface area contributed by atoms with Gasteiger partial charge in [0.1, 0.15) is 11.8 Å². The summed E-state index contributed by atoms with van der Waals surface area (Å²) in [6.07, 6.45) is -6.75. The third-order valence-electron chi connectivity index (χ3n) is 3.54. The molecule has 1 aromatic carbocycles. The molecule has 0 saturated heterocycles. The fourth-order valence-corrected chi connectivity index (χ4v) is 2.14. The lowest BCUT2D eigenvalue weighted by Gasteiger charge is -2.29. The van der Waals surface area contributed by atoms with Crippen molar-refractivity contribution in [2.45, 2.75) is 24.1 Å². The molecule has 2 N–H and O–H groups in total. The molecule has 2 rings (SSSR count). The number of ketones is 2. The first kappa shape index (κ1) is 19.5. The highest BCUT2D eigenvalue weighted by Gasteiger charge is 2.76. The van der Waals surface area contributed by atoms with E-state index in [0.717, 1.165) is 17.4 Å². The van der Waals surface area contributed by atoms with Gasteiger partial charge in [-0.25, -0.2) is 0 Å². The lowest BCUT2D eigenvalue weighted by molar-refractivity contribution is -0.344. The maximum Gasteiger partial charge on any atom is 0.460 e. The van der Waals surface area contributed by atoms with Gasteiger partial charge in [-0.1, -0.05) is 24.3 Å². The average Bonchev–Trinajstić information content (AvgIpc) is 2.55. The summed E-state index contributed by atoms with van der Waals surface area (Å²) < 4.78 is 88.8. The van der Waals surface area contributed by atoms with Crippen molar-refractivity contribution >= 4 is 23.2 Å². The number of Topliss-reactive ketones (excluding diaryl/α,β-unsaturated/α-hetero) is 2. The smallest absolute Gasteiger partial charge is 0.335 e. The number of amides is 1. The molecule has 0 fully saturated rings. The van der Waals surface area contributed by atoms with Crippen LogP contribution in [0.15, 0.2) is 24.3 Å². The predicted octanol–water partition coefficient (Wildman–Crippen LogP) is 2.40. The van der Waals surface area contributed by atoms with E-state index in [1.54, 1.807) is 0 Å². The van der Waals surface area contributed by atoms with E-state index in [-0.39, 0.29) is 5.56 Å². The summed E-state index contributed by atoms with van der Waals surface area (Å²) >= 11 is 0. The van der Waals surface area contributed by atoms with Crippen LogP contribution in [-0.2, 0) is 4.79 Å². The Kier molecular flexibility index (Phi) is 4.42. The highest BCUT2D eigenvalue weighted by atomic mass is 19.4. The number of carbonyl (C=O) groups excluding carboxylic acids is 3. The van der Waals surface area contributed by atoms with E-state index in [1.165, 1.54) is 12.1 Å². The molecule has 1 aliphatic rings. The number of fused-ring (bicyclic) bond motifs is 1. The van der Waals surface area contributed by atoms with Crippen LogP contribution in [0.2, 0.25) is 0 Å². The molecular formula is C14H7F7N2O3. The number of hydrogen-bond donors (Lipinski definition) is 2. The molecule has 0 heterocycles. The molecule has 1 aromatic rings. The second kappa shape index (κ2) is 5.88. The SMILES string of the molecule is N=C1C(=O)c2ccccc2C(=O)C1NC(=O)C(F)(F)C(F)(F)C(F)(F)F. The highest BCUT2D eigenvalue weighted by molar-refractivity contribution is 6.54. The van der Waals surface area contributed by atoms with E-state index in [2.05, 4.69) is 0 Å². The lowest BCUT2D eigenvalue weighted by atomic mass is 9.84. The normalized spacial score (nSPS) is 18.6. The number of nitrogens with one attached hydrogen (secondary N) is 2. The van der Waals surface area contributed by atoms with Crippen molar-refractivity contribution in [1.82, 2.24) is 5.32 Å². The van der Waals surface area contributed by atoms with Crippen LogP contribution in [0.4, 0.5) is 30.7 Å². The molecule has 0 radical (unpaired) electrons. The third-order valence-corrected chi connectivity index (χ3v) is 3.54. The van der Waals surface area contributed by atoms with Gasteiger partial charge in [-0.05, 0) is 0 Å². The molecule has 1 aliphatic carbocycles. The van der Waals surface area contributed by atoms with E-state index in [0.29, 0.717) is 0 Å². The van der Waals surface area contributed by atoms with Crippen LogP contribution in [-0.4, -0.2) is 47.2 Å². The molecular weight excluding hydrogens is 377 g/mol. The lowest BCUT2D eigenvalue weighted by Crippen LogP contribution is -2.63. The molecule has 0 spiro atoms. The Morgan fingerprint density at radius 3 is 1.96 bits per heavy atom. The number of alkyl halides is 7. The Morgan fingerprint density at radius 1 is 0.962 bits per heavy atom. The molecule has 1 unspecified atom stereocenters. The maximum atomic E-state index is 13.3. The summed E-state index contributed by atoms with van der Waals surface area (Å²) in [7, 11) is 0. The second-order valence-electron chi connectivity index (χ2n) is 5.21. The molecule has 0 aliphatic heterocycles. The van der Waals surface area contributed by atoms with Crippen molar-refractivity contribution in [2.75, 3.05) is 0 Å². The largest absolute Gasteiger partial charge is 0.460 e. The van der Waals surface area contributed by atoms with Crippen molar-refractivity contribution in [3.63, 3.8) is 0 Å². The second-order valence-corrected chi connectivity index (χ2v) is 5.21. The van der Waals surface area contributed by atoms with Crippen LogP contribution in [0.5, 0.6) is 0 Å². The van der Waals surface area contributed by atoms with Gasteiger partial charge >= 0.3 is 18.0 Å². The van der Waals surface area contributed by atoms with Gasteiger partial charge in [0.05, 0.1) is 0 Å². The van der Waals surface area contributed by atoms with Gasteiger partial charge in [0, 0.05) is 11.1 Å². The predicted molar refractivity (Wildman–Crippen MR) is 70.7 cm³/mol. The quantitative estimate of drug-likeness (QED) is 0.785. The minimum absolute atomic E-state index is 0.291. The third kappa shape index (κ3) is 2.74. The van der Waals surface area contributed by atoms with Crippen molar-refractivity contribution in [3.8, 4) is 0 Å². The van der Waals surface area contributed by atoms with Crippen LogP contribution >= 0.6 is 0 Å². The van der Waals surface area contributed by atoms with Gasteiger partial charge in [-0.15, -0.1) is 0 Å². The number of halogens is 7. The first-order chi connectivity index (χ1) is 11.7. The zero-order valence-electron chi connectivity index (χ0n) is 12.3. The Balaban J connectivity index is 2.37. The maximum absolute atomic E-state index is 13.3. The Bertz CT molecular complexity index is 817. The van der Waals surface area contributed by atoms with E-state index < -0.39 is 52.8 Å². The first-order valence-corrected chi connectivity index (χ1v) is 6.63. The molecule has 0 saturated carbocycles. The van der Waals surface area contributed by atoms with Crippen LogP contribution in [0, 0.1) is 5.41 Å². The number of rotatable bonds is 3. The van der Waals surface area contributed by atoms with Crippen LogP contribution in [0.1, 0.15) is 20.7 Å². The van der Waals surface area contributed by atoms with E-state index in [4.69, 9.17) is 5.41 Å². The topological polar surface area (TPSA) is 87.1 Å². The Hall–Kier alpha value is -2.79. The van der Waals surface area contributed by atoms with Crippen LogP contribution in [0.3, 0.4) is 0 Å². The Labute approximate surface area is 139 Å². The van der Waals surface area contributed by atoms with E-state index >= 15 is 0 Å². The number of hydrogen-bond acceptors (Lipinski definition) is 4. The monoisotopic (exact) mass is 384 g/mol. The summed E-state index contributed by atoms with van der Waals surface area (Å²) in [5, 5.41) is 8.39. The zero-order valence-corrected chi connectivity index (χ0v) is 12.3. The van der Waals surface area contributed by atoms with Crippen molar-refractivity contribution < 1.29 is 45.1 Å².